The lowest BCUT2D eigenvalue weighted by atomic mass is 9.35. The number of hydrazone groups is 1. The molecule has 8 heteroatoms. The average Bonchev–Trinajstić information content (AvgIpc) is 3.20. The van der Waals surface area contributed by atoms with Gasteiger partial charge in [-0.2, -0.15) is 5.10 Å². The van der Waals surface area contributed by atoms with Crippen LogP contribution in [0.2, 0.25) is 0 Å². The highest BCUT2D eigenvalue weighted by Crippen LogP contribution is 2.74. The monoisotopic (exact) mass is 386 g/mol. The number of imidazole rings is 1. The summed E-state index contributed by atoms with van der Waals surface area (Å²) in [5, 5.41) is 5.63. The van der Waals surface area contributed by atoms with Crippen LogP contribution in [-0.4, -0.2) is 33.3 Å². The van der Waals surface area contributed by atoms with Crippen LogP contribution < -0.4 is 4.74 Å². The third-order valence-electron chi connectivity index (χ3n) is 6.20. The molecule has 1 aromatic carbocycles. The van der Waals surface area contributed by atoms with Gasteiger partial charge in [-0.1, -0.05) is 0 Å². The van der Waals surface area contributed by atoms with Crippen LogP contribution in [0.25, 0.3) is 0 Å². The smallest absolute Gasteiger partial charge is 0.249 e. The van der Waals surface area contributed by atoms with Crippen molar-refractivity contribution in [1.29, 1.82) is 0 Å². The van der Waals surface area contributed by atoms with Crippen molar-refractivity contribution in [2.24, 2.45) is 23.0 Å². The van der Waals surface area contributed by atoms with Gasteiger partial charge in [-0.3, -0.25) is 4.79 Å². The minimum atomic E-state index is -0.647. The fraction of sp³-hybridized carbons (Fsp3) is 0.450. The SMILES string of the molecule is Cn1cncc1OCC12CC(C(=O)N3N=CCC3c3cc(F)cc(F)c3)(C1)C2. The summed E-state index contributed by atoms with van der Waals surface area (Å²) in [7, 11) is 1.87. The molecule has 0 radical (unpaired) electrons. The molecule has 146 valence electrons. The molecule has 2 heterocycles. The summed E-state index contributed by atoms with van der Waals surface area (Å²) in [6.07, 6.45) is 7.72. The Morgan fingerprint density at radius 3 is 2.61 bits per heavy atom. The number of carbonyl (C=O) groups excluding carboxylic acids is 1. The molecule has 1 aliphatic heterocycles. The van der Waals surface area contributed by atoms with Gasteiger partial charge in [0.25, 0.3) is 0 Å². The first-order valence-electron chi connectivity index (χ1n) is 9.31. The Morgan fingerprint density at radius 2 is 1.96 bits per heavy atom. The van der Waals surface area contributed by atoms with E-state index in [2.05, 4.69) is 10.1 Å². The first-order chi connectivity index (χ1) is 13.4. The van der Waals surface area contributed by atoms with E-state index in [1.165, 1.54) is 17.1 Å². The lowest BCUT2D eigenvalue weighted by molar-refractivity contribution is -0.227. The predicted octanol–water partition coefficient (Wildman–Crippen LogP) is 3.21. The molecule has 1 atom stereocenters. The molecular weight excluding hydrogens is 366 g/mol. The second kappa shape index (κ2) is 5.86. The molecule has 1 unspecified atom stereocenters. The summed E-state index contributed by atoms with van der Waals surface area (Å²) in [6.45, 7) is 0.559. The molecule has 0 saturated heterocycles. The van der Waals surface area contributed by atoms with E-state index < -0.39 is 23.1 Å². The van der Waals surface area contributed by atoms with Crippen LogP contribution in [0.1, 0.15) is 37.3 Å². The van der Waals surface area contributed by atoms with Crippen LogP contribution in [0, 0.1) is 22.5 Å². The van der Waals surface area contributed by atoms with Crippen LogP contribution in [0.3, 0.4) is 0 Å². The van der Waals surface area contributed by atoms with Gasteiger partial charge in [0.2, 0.25) is 11.8 Å². The van der Waals surface area contributed by atoms with Gasteiger partial charge in [-0.15, -0.1) is 0 Å². The lowest BCUT2D eigenvalue weighted by Crippen LogP contribution is -2.69. The van der Waals surface area contributed by atoms with Gasteiger partial charge >= 0.3 is 0 Å². The Kier molecular flexibility index (Phi) is 3.63. The highest BCUT2D eigenvalue weighted by Gasteiger charge is 2.73. The number of halogens is 2. The molecule has 0 spiro atoms. The van der Waals surface area contributed by atoms with E-state index in [0.29, 0.717) is 24.5 Å². The fourth-order valence-electron chi connectivity index (χ4n) is 4.99. The Morgan fingerprint density at radius 1 is 1.25 bits per heavy atom. The normalized spacial score (nSPS) is 30.1. The predicted molar refractivity (Wildman–Crippen MR) is 96.5 cm³/mol. The van der Waals surface area contributed by atoms with Gasteiger partial charge in [0.15, 0.2) is 0 Å². The minimum absolute atomic E-state index is 0.0316. The molecule has 1 amide bonds. The van der Waals surface area contributed by atoms with Gasteiger partial charge in [0.05, 0.1) is 30.6 Å². The van der Waals surface area contributed by atoms with Crippen molar-refractivity contribution in [2.75, 3.05) is 6.61 Å². The number of rotatable bonds is 5. The van der Waals surface area contributed by atoms with E-state index in [0.717, 1.165) is 25.3 Å². The standard InChI is InChI=1S/C20H20F2N4O2/c1-25-12-23-7-17(25)28-11-19-8-20(9-19,10-19)18(27)26-16(2-3-24-26)13-4-14(21)6-15(22)5-13/h3-7,12,16H,2,8-11H2,1H3. The third-order valence-corrected chi connectivity index (χ3v) is 6.20. The summed E-state index contributed by atoms with van der Waals surface area (Å²) >= 11 is 0. The maximum Gasteiger partial charge on any atom is 0.249 e. The molecule has 3 aliphatic carbocycles. The molecule has 3 fully saturated rings. The Bertz CT molecular complexity index is 946. The molecule has 2 bridgehead atoms. The Balaban J connectivity index is 1.25. The molecule has 28 heavy (non-hydrogen) atoms. The number of ether oxygens (including phenoxy) is 1. The van der Waals surface area contributed by atoms with Crippen LogP contribution >= 0.6 is 0 Å². The summed E-state index contributed by atoms with van der Waals surface area (Å²) in [5.74, 6) is -0.641. The van der Waals surface area contributed by atoms with E-state index >= 15 is 0 Å². The second-order valence-electron chi connectivity index (χ2n) is 8.34. The van der Waals surface area contributed by atoms with E-state index in [1.54, 1.807) is 18.7 Å². The van der Waals surface area contributed by atoms with E-state index in [-0.39, 0.29) is 11.3 Å². The molecule has 1 aromatic heterocycles. The number of hydrogen-bond acceptors (Lipinski definition) is 4. The maximum atomic E-state index is 13.6. The molecule has 6 rings (SSSR count). The zero-order valence-corrected chi connectivity index (χ0v) is 15.4. The zero-order valence-electron chi connectivity index (χ0n) is 15.4. The number of nitrogens with zero attached hydrogens (tertiary/aromatic N) is 4. The van der Waals surface area contributed by atoms with Gasteiger partial charge in [-0.05, 0) is 37.0 Å². The Labute approximate surface area is 160 Å². The largest absolute Gasteiger partial charge is 0.477 e. The van der Waals surface area contributed by atoms with Gasteiger partial charge < -0.3 is 9.30 Å². The summed E-state index contributed by atoms with van der Waals surface area (Å²) in [6, 6.07) is 2.92. The van der Waals surface area contributed by atoms with Crippen LogP contribution in [0.4, 0.5) is 8.78 Å². The number of carbonyl (C=O) groups is 1. The number of benzene rings is 1. The summed E-state index contributed by atoms with van der Waals surface area (Å²) in [5.41, 5.74) is 0.0510. The molecule has 0 N–H and O–H groups in total. The van der Waals surface area contributed by atoms with Crippen LogP contribution in [-0.2, 0) is 11.8 Å². The minimum Gasteiger partial charge on any atom is -0.477 e. The van der Waals surface area contributed by atoms with E-state index in [9.17, 15) is 13.6 Å². The summed E-state index contributed by atoms with van der Waals surface area (Å²) < 4.78 is 34.9. The van der Waals surface area contributed by atoms with Crippen molar-refractivity contribution in [3.63, 3.8) is 0 Å². The highest BCUT2D eigenvalue weighted by atomic mass is 19.1. The second-order valence-corrected chi connectivity index (χ2v) is 8.34. The fourth-order valence-corrected chi connectivity index (χ4v) is 4.99. The van der Waals surface area contributed by atoms with Gasteiger partial charge in [0, 0.05) is 31.2 Å². The van der Waals surface area contributed by atoms with Crippen molar-refractivity contribution < 1.29 is 18.3 Å². The van der Waals surface area contributed by atoms with E-state index in [1.807, 2.05) is 11.6 Å². The Hall–Kier alpha value is -2.77. The van der Waals surface area contributed by atoms with Gasteiger partial charge in [-0.25, -0.2) is 18.8 Å². The number of amides is 1. The van der Waals surface area contributed by atoms with Crippen molar-refractivity contribution in [1.82, 2.24) is 14.6 Å². The zero-order chi connectivity index (χ0) is 19.5. The van der Waals surface area contributed by atoms with Crippen molar-refractivity contribution in [3.8, 4) is 5.88 Å². The van der Waals surface area contributed by atoms with Crippen LogP contribution in [0.15, 0.2) is 35.8 Å². The van der Waals surface area contributed by atoms with Crippen molar-refractivity contribution in [3.05, 3.63) is 47.9 Å². The molecule has 6 nitrogen and oxygen atoms in total. The maximum absolute atomic E-state index is 13.6. The molecule has 3 saturated carbocycles. The van der Waals surface area contributed by atoms with Crippen LogP contribution in [0.5, 0.6) is 5.88 Å². The molecule has 2 aromatic rings. The van der Waals surface area contributed by atoms with Crippen molar-refractivity contribution >= 4 is 12.1 Å². The lowest BCUT2D eigenvalue weighted by Gasteiger charge is -2.69. The average molecular weight is 386 g/mol. The number of aryl methyl sites for hydroxylation is 1. The number of aromatic nitrogens is 2. The first-order valence-corrected chi connectivity index (χ1v) is 9.31. The first kappa shape index (κ1) is 17.3. The van der Waals surface area contributed by atoms with E-state index in [4.69, 9.17) is 4.74 Å². The molecule has 4 aliphatic rings. The third kappa shape index (κ3) is 2.54. The topological polar surface area (TPSA) is 59.7 Å². The van der Waals surface area contributed by atoms with Gasteiger partial charge in [0.1, 0.15) is 11.6 Å². The highest BCUT2D eigenvalue weighted by molar-refractivity contribution is 5.88. The summed E-state index contributed by atoms with van der Waals surface area (Å²) in [4.78, 5) is 17.2. The van der Waals surface area contributed by atoms with Crippen molar-refractivity contribution in [2.45, 2.75) is 31.7 Å². The number of hydrogen-bond donors (Lipinski definition) is 0. The quantitative estimate of drug-likeness (QED) is 0.793. The molecular formula is C20H20F2N4O2.